The van der Waals surface area contributed by atoms with Crippen LogP contribution < -0.4 is 20.1 Å². The Morgan fingerprint density at radius 1 is 1.12 bits per heavy atom. The number of methoxy groups -OCH3 is 2. The van der Waals surface area contributed by atoms with E-state index in [1.54, 1.807) is 38.6 Å². The van der Waals surface area contributed by atoms with Gasteiger partial charge in [-0.2, -0.15) is 0 Å². The van der Waals surface area contributed by atoms with Gasteiger partial charge in [-0.25, -0.2) is 4.98 Å². The quantitative estimate of drug-likeness (QED) is 0.814. The van der Waals surface area contributed by atoms with E-state index in [-0.39, 0.29) is 5.91 Å². The monoisotopic (exact) mass is 329 g/mol. The van der Waals surface area contributed by atoms with Gasteiger partial charge >= 0.3 is 0 Å². The van der Waals surface area contributed by atoms with Crippen molar-refractivity contribution in [2.24, 2.45) is 5.92 Å². The summed E-state index contributed by atoms with van der Waals surface area (Å²) in [6.07, 6.45) is 1.62. The molecular formula is C18H23N3O3. The van der Waals surface area contributed by atoms with Crippen LogP contribution in [0.25, 0.3) is 0 Å². The summed E-state index contributed by atoms with van der Waals surface area (Å²) >= 11 is 0. The molecule has 0 unspecified atom stereocenters. The van der Waals surface area contributed by atoms with Crippen LogP contribution in [0.3, 0.4) is 0 Å². The number of aromatic nitrogens is 1. The fourth-order valence-electron chi connectivity index (χ4n) is 2.02. The minimum absolute atomic E-state index is 0.253. The van der Waals surface area contributed by atoms with E-state index in [4.69, 9.17) is 9.47 Å². The van der Waals surface area contributed by atoms with Crippen molar-refractivity contribution in [3.05, 3.63) is 42.1 Å². The van der Waals surface area contributed by atoms with Gasteiger partial charge in [-0.05, 0) is 30.2 Å². The van der Waals surface area contributed by atoms with Crippen LogP contribution in [-0.2, 0) is 0 Å². The van der Waals surface area contributed by atoms with Gasteiger partial charge in [-0.1, -0.05) is 13.8 Å². The molecule has 0 aliphatic carbocycles. The Balaban J connectivity index is 2.06. The first-order chi connectivity index (χ1) is 11.5. The summed E-state index contributed by atoms with van der Waals surface area (Å²) in [5.41, 5.74) is 1.07. The number of hydrogen-bond donors (Lipinski definition) is 2. The second-order valence-electron chi connectivity index (χ2n) is 5.76. The molecule has 2 N–H and O–H groups in total. The van der Waals surface area contributed by atoms with Crippen LogP contribution in [-0.4, -0.2) is 31.7 Å². The fraction of sp³-hybridized carbons (Fsp3) is 0.333. The third-order valence-corrected chi connectivity index (χ3v) is 3.33. The summed E-state index contributed by atoms with van der Waals surface area (Å²) in [4.78, 5) is 16.7. The lowest BCUT2D eigenvalue weighted by Gasteiger charge is -2.10. The maximum atomic E-state index is 12.4. The number of ether oxygens (including phenoxy) is 2. The van der Waals surface area contributed by atoms with E-state index in [0.717, 1.165) is 12.4 Å². The van der Waals surface area contributed by atoms with Gasteiger partial charge in [-0.3, -0.25) is 4.79 Å². The summed E-state index contributed by atoms with van der Waals surface area (Å²) in [5.74, 6) is 2.19. The van der Waals surface area contributed by atoms with Crippen LogP contribution in [0.5, 0.6) is 11.5 Å². The molecule has 0 aliphatic heterocycles. The summed E-state index contributed by atoms with van der Waals surface area (Å²) in [5, 5.41) is 6.04. The Bertz CT molecular complexity index is 662. The molecule has 2 aromatic rings. The lowest BCUT2D eigenvalue weighted by Crippen LogP contribution is -2.13. The molecule has 6 nitrogen and oxygen atoms in total. The number of amides is 1. The van der Waals surface area contributed by atoms with Gasteiger partial charge in [0.1, 0.15) is 17.3 Å². The summed E-state index contributed by atoms with van der Waals surface area (Å²) in [7, 11) is 3.09. The molecule has 128 valence electrons. The molecule has 2 rings (SSSR count). The maximum Gasteiger partial charge on any atom is 0.255 e. The smallest absolute Gasteiger partial charge is 0.255 e. The normalized spacial score (nSPS) is 10.4. The molecule has 1 aromatic carbocycles. The number of anilines is 2. The first kappa shape index (κ1) is 17.6. The number of carbonyl (C=O) groups excluding carboxylic acids is 1. The Hall–Kier alpha value is -2.76. The average molecular weight is 329 g/mol. The predicted molar refractivity (Wildman–Crippen MR) is 95.1 cm³/mol. The molecular weight excluding hydrogens is 306 g/mol. The number of nitrogens with one attached hydrogen (secondary N) is 2. The van der Waals surface area contributed by atoms with Gasteiger partial charge in [0.05, 0.1) is 26.1 Å². The fourth-order valence-corrected chi connectivity index (χ4v) is 2.02. The largest absolute Gasteiger partial charge is 0.497 e. The summed E-state index contributed by atoms with van der Waals surface area (Å²) in [6.45, 7) is 5.11. The van der Waals surface area contributed by atoms with Crippen molar-refractivity contribution in [2.75, 3.05) is 31.4 Å². The molecule has 1 amide bonds. The molecule has 1 heterocycles. The number of pyridine rings is 1. The molecule has 0 atom stereocenters. The lowest BCUT2D eigenvalue weighted by atomic mass is 10.2. The zero-order chi connectivity index (χ0) is 17.5. The minimum atomic E-state index is -0.253. The van der Waals surface area contributed by atoms with Crippen LogP contribution in [0.15, 0.2) is 36.5 Å². The number of hydrogen-bond acceptors (Lipinski definition) is 5. The Labute approximate surface area is 142 Å². The highest BCUT2D eigenvalue weighted by molar-refractivity contribution is 6.04. The highest BCUT2D eigenvalue weighted by atomic mass is 16.5. The van der Waals surface area contributed by atoms with Crippen molar-refractivity contribution in [1.82, 2.24) is 4.98 Å². The molecule has 0 saturated carbocycles. The second-order valence-corrected chi connectivity index (χ2v) is 5.76. The molecule has 0 spiro atoms. The third-order valence-electron chi connectivity index (χ3n) is 3.33. The van der Waals surface area contributed by atoms with Gasteiger partial charge in [0.15, 0.2) is 0 Å². The maximum absolute atomic E-state index is 12.4. The lowest BCUT2D eigenvalue weighted by molar-refractivity contribution is 0.102. The van der Waals surface area contributed by atoms with E-state index in [1.807, 2.05) is 12.1 Å². The molecule has 0 saturated heterocycles. The molecule has 1 aromatic heterocycles. The topological polar surface area (TPSA) is 72.5 Å². The Morgan fingerprint density at radius 2 is 1.79 bits per heavy atom. The van der Waals surface area contributed by atoms with Crippen molar-refractivity contribution in [3.63, 3.8) is 0 Å². The van der Waals surface area contributed by atoms with Gasteiger partial charge in [-0.15, -0.1) is 0 Å². The average Bonchev–Trinajstić information content (AvgIpc) is 2.60. The van der Waals surface area contributed by atoms with Crippen LogP contribution in [0.1, 0.15) is 24.2 Å². The molecule has 24 heavy (non-hydrogen) atoms. The van der Waals surface area contributed by atoms with Gasteiger partial charge in [0, 0.05) is 18.2 Å². The van der Waals surface area contributed by atoms with E-state index in [1.165, 1.54) is 0 Å². The summed E-state index contributed by atoms with van der Waals surface area (Å²) in [6, 6.07) is 8.68. The second kappa shape index (κ2) is 8.19. The van der Waals surface area contributed by atoms with Crippen LogP contribution >= 0.6 is 0 Å². The van der Waals surface area contributed by atoms with Crippen LogP contribution in [0, 0.1) is 5.92 Å². The first-order valence-corrected chi connectivity index (χ1v) is 7.76. The molecule has 0 radical (unpaired) electrons. The van der Waals surface area contributed by atoms with E-state index in [9.17, 15) is 4.79 Å². The van der Waals surface area contributed by atoms with Crippen molar-refractivity contribution < 1.29 is 14.3 Å². The van der Waals surface area contributed by atoms with E-state index >= 15 is 0 Å². The standard InChI is InChI=1S/C18H23N3O3/c1-12(2)10-19-17-6-5-14(11-20-17)21-18(22)13-7-15(23-3)9-16(8-13)24-4/h5-9,11-12H,10H2,1-4H3,(H,19,20)(H,21,22). The zero-order valence-electron chi connectivity index (χ0n) is 14.4. The zero-order valence-corrected chi connectivity index (χ0v) is 14.4. The number of nitrogens with zero attached hydrogens (tertiary/aromatic N) is 1. The van der Waals surface area contributed by atoms with Crippen molar-refractivity contribution in [3.8, 4) is 11.5 Å². The van der Waals surface area contributed by atoms with Gasteiger partial charge in [0.2, 0.25) is 0 Å². The van der Waals surface area contributed by atoms with Crippen LogP contribution in [0.2, 0.25) is 0 Å². The third kappa shape index (κ3) is 4.87. The first-order valence-electron chi connectivity index (χ1n) is 7.76. The molecule has 0 fully saturated rings. The highest BCUT2D eigenvalue weighted by Crippen LogP contribution is 2.23. The van der Waals surface area contributed by atoms with Crippen LogP contribution in [0.4, 0.5) is 11.5 Å². The van der Waals surface area contributed by atoms with Gasteiger partial charge in [0.25, 0.3) is 5.91 Å². The van der Waals surface area contributed by atoms with E-state index in [0.29, 0.717) is 28.7 Å². The summed E-state index contributed by atoms with van der Waals surface area (Å²) < 4.78 is 10.4. The number of carbonyl (C=O) groups is 1. The Kier molecular flexibility index (Phi) is 6.01. The van der Waals surface area contributed by atoms with E-state index in [2.05, 4.69) is 29.5 Å². The predicted octanol–water partition coefficient (Wildman–Crippen LogP) is 3.42. The number of benzene rings is 1. The highest BCUT2D eigenvalue weighted by Gasteiger charge is 2.10. The number of rotatable bonds is 7. The van der Waals surface area contributed by atoms with Gasteiger partial charge < -0.3 is 20.1 Å². The van der Waals surface area contributed by atoms with Crippen molar-refractivity contribution >= 4 is 17.4 Å². The molecule has 0 aliphatic rings. The minimum Gasteiger partial charge on any atom is -0.497 e. The van der Waals surface area contributed by atoms with Crippen molar-refractivity contribution in [2.45, 2.75) is 13.8 Å². The van der Waals surface area contributed by atoms with Crippen molar-refractivity contribution in [1.29, 1.82) is 0 Å². The van der Waals surface area contributed by atoms with E-state index < -0.39 is 0 Å². The Morgan fingerprint density at radius 3 is 2.29 bits per heavy atom. The molecule has 0 bridgehead atoms. The SMILES string of the molecule is COc1cc(OC)cc(C(=O)Nc2ccc(NCC(C)C)nc2)c1. The molecule has 6 heteroatoms.